The highest BCUT2D eigenvalue weighted by Crippen LogP contribution is 2.23. The Kier molecular flexibility index (Phi) is 5.78. The molecule has 3 rings (SSSR count). The Hall–Kier alpha value is -2.25. The second-order valence-corrected chi connectivity index (χ2v) is 7.33. The summed E-state index contributed by atoms with van der Waals surface area (Å²) in [6.45, 7) is 0. The predicted molar refractivity (Wildman–Crippen MR) is 97.1 cm³/mol. The first-order chi connectivity index (χ1) is 12.1. The van der Waals surface area contributed by atoms with Crippen molar-refractivity contribution in [1.82, 2.24) is 4.98 Å². The topological polar surface area (TPSA) is 42.0 Å². The molecule has 7 heteroatoms. The van der Waals surface area contributed by atoms with E-state index in [1.807, 2.05) is 0 Å². The van der Waals surface area contributed by atoms with Crippen molar-refractivity contribution in [2.75, 3.05) is 11.1 Å². The lowest BCUT2D eigenvalue weighted by Gasteiger charge is -2.03. The molecule has 0 bridgehead atoms. The van der Waals surface area contributed by atoms with Crippen LogP contribution in [0, 0.1) is 11.6 Å². The van der Waals surface area contributed by atoms with Gasteiger partial charge in [0.25, 0.3) is 0 Å². The van der Waals surface area contributed by atoms with E-state index in [2.05, 4.69) is 10.3 Å². The average molecular weight is 376 g/mol. The Labute approximate surface area is 152 Å². The molecule has 2 aromatic carbocycles. The summed E-state index contributed by atoms with van der Waals surface area (Å²) in [5.74, 6) is -0.742. The van der Waals surface area contributed by atoms with E-state index in [4.69, 9.17) is 0 Å². The molecule has 0 saturated heterocycles. The summed E-state index contributed by atoms with van der Waals surface area (Å²) >= 11 is 2.50. The van der Waals surface area contributed by atoms with Crippen LogP contribution in [0.3, 0.4) is 0 Å². The first-order valence-electron chi connectivity index (χ1n) is 7.46. The third-order valence-electron chi connectivity index (χ3n) is 3.29. The summed E-state index contributed by atoms with van der Waals surface area (Å²) in [6, 6.07) is 12.6. The fourth-order valence-electron chi connectivity index (χ4n) is 2.11. The van der Waals surface area contributed by atoms with Crippen LogP contribution in [-0.2, 0) is 11.2 Å². The number of rotatable bonds is 6. The molecule has 3 nitrogen and oxygen atoms in total. The third-order valence-corrected chi connectivity index (χ3v) is 5.25. The highest BCUT2D eigenvalue weighted by Gasteiger charge is 2.09. The number of nitrogens with zero attached hydrogens (tertiary/aromatic N) is 1. The zero-order chi connectivity index (χ0) is 17.6. The van der Waals surface area contributed by atoms with Crippen molar-refractivity contribution in [3.8, 4) is 0 Å². The van der Waals surface area contributed by atoms with Crippen molar-refractivity contribution >= 4 is 34.1 Å². The van der Waals surface area contributed by atoms with Gasteiger partial charge in [-0.25, -0.2) is 13.8 Å². The lowest BCUT2D eigenvalue weighted by molar-refractivity contribution is -0.113. The maximum Gasteiger partial charge on any atom is 0.236 e. The van der Waals surface area contributed by atoms with Gasteiger partial charge in [-0.2, -0.15) is 0 Å². The number of nitrogens with one attached hydrogen (secondary N) is 1. The van der Waals surface area contributed by atoms with Gasteiger partial charge in [-0.05, 0) is 29.8 Å². The highest BCUT2D eigenvalue weighted by atomic mass is 32.2. The number of thioether (sulfide) groups is 1. The standard InChI is InChI=1S/C18H14F2N2OS2/c19-13-7-5-12(6-8-13)9-14-10-21-18(25-14)22-17(23)11-24-16-4-2-1-3-15(16)20/h1-8,10H,9,11H2,(H,21,22,23). The van der Waals surface area contributed by atoms with Gasteiger partial charge in [0, 0.05) is 22.4 Å². The van der Waals surface area contributed by atoms with E-state index in [9.17, 15) is 13.6 Å². The van der Waals surface area contributed by atoms with Crippen molar-refractivity contribution in [3.05, 3.63) is 76.8 Å². The van der Waals surface area contributed by atoms with Gasteiger partial charge in [0.2, 0.25) is 5.91 Å². The molecule has 1 heterocycles. The molecule has 0 aliphatic rings. The van der Waals surface area contributed by atoms with E-state index in [1.54, 1.807) is 36.5 Å². The van der Waals surface area contributed by atoms with Crippen LogP contribution in [0.2, 0.25) is 0 Å². The smallest absolute Gasteiger partial charge is 0.236 e. The number of hydrogen-bond donors (Lipinski definition) is 1. The van der Waals surface area contributed by atoms with Gasteiger partial charge in [0.05, 0.1) is 5.75 Å². The van der Waals surface area contributed by atoms with Crippen molar-refractivity contribution in [1.29, 1.82) is 0 Å². The minimum absolute atomic E-state index is 0.105. The largest absolute Gasteiger partial charge is 0.301 e. The Morgan fingerprint density at radius 3 is 2.64 bits per heavy atom. The highest BCUT2D eigenvalue weighted by molar-refractivity contribution is 8.00. The molecule has 0 aliphatic heterocycles. The van der Waals surface area contributed by atoms with E-state index in [0.717, 1.165) is 22.2 Å². The SMILES string of the molecule is O=C(CSc1ccccc1F)Nc1ncc(Cc2ccc(F)cc2)s1. The average Bonchev–Trinajstić information content (AvgIpc) is 3.03. The lowest BCUT2D eigenvalue weighted by Crippen LogP contribution is -2.13. The Morgan fingerprint density at radius 1 is 1.12 bits per heavy atom. The molecule has 0 fully saturated rings. The fourth-order valence-corrected chi connectivity index (χ4v) is 3.71. The molecule has 0 radical (unpaired) electrons. The number of carbonyl (C=O) groups excluding carboxylic acids is 1. The minimum atomic E-state index is -0.337. The molecule has 1 N–H and O–H groups in total. The summed E-state index contributed by atoms with van der Waals surface area (Å²) in [6.07, 6.45) is 2.31. The van der Waals surface area contributed by atoms with Gasteiger partial charge in [0.15, 0.2) is 5.13 Å². The van der Waals surface area contributed by atoms with Gasteiger partial charge in [-0.3, -0.25) is 4.79 Å². The molecule has 25 heavy (non-hydrogen) atoms. The number of carbonyl (C=O) groups is 1. The molecule has 0 unspecified atom stereocenters. The Bertz CT molecular complexity index is 866. The van der Waals surface area contributed by atoms with Crippen LogP contribution >= 0.6 is 23.1 Å². The molecular weight excluding hydrogens is 362 g/mol. The lowest BCUT2D eigenvalue weighted by atomic mass is 10.1. The van der Waals surface area contributed by atoms with Gasteiger partial charge in [-0.15, -0.1) is 23.1 Å². The summed E-state index contributed by atoms with van der Waals surface area (Å²) in [7, 11) is 0. The Balaban J connectivity index is 1.53. The molecule has 0 aliphatic carbocycles. The van der Waals surface area contributed by atoms with E-state index >= 15 is 0 Å². The summed E-state index contributed by atoms with van der Waals surface area (Å²) in [5, 5.41) is 3.21. The van der Waals surface area contributed by atoms with Gasteiger partial charge in [0.1, 0.15) is 11.6 Å². The van der Waals surface area contributed by atoms with Crippen LogP contribution in [0.1, 0.15) is 10.4 Å². The van der Waals surface area contributed by atoms with Crippen molar-refractivity contribution < 1.29 is 13.6 Å². The number of anilines is 1. The number of thiazole rings is 1. The van der Waals surface area contributed by atoms with Crippen molar-refractivity contribution in [2.24, 2.45) is 0 Å². The van der Waals surface area contributed by atoms with E-state index in [0.29, 0.717) is 16.4 Å². The van der Waals surface area contributed by atoms with E-state index in [1.165, 1.54) is 29.5 Å². The first kappa shape index (κ1) is 17.6. The van der Waals surface area contributed by atoms with E-state index in [-0.39, 0.29) is 23.3 Å². The number of halogens is 2. The molecule has 0 atom stereocenters. The van der Waals surface area contributed by atoms with Crippen LogP contribution in [0.5, 0.6) is 0 Å². The maximum atomic E-state index is 13.5. The van der Waals surface area contributed by atoms with Crippen molar-refractivity contribution in [2.45, 2.75) is 11.3 Å². The molecule has 0 spiro atoms. The summed E-state index contributed by atoms with van der Waals surface area (Å²) in [5.41, 5.74) is 0.970. The first-order valence-corrected chi connectivity index (χ1v) is 9.27. The number of hydrogen-bond acceptors (Lipinski definition) is 4. The molecule has 0 saturated carbocycles. The number of amides is 1. The second-order valence-electron chi connectivity index (χ2n) is 5.20. The van der Waals surface area contributed by atoms with Gasteiger partial charge >= 0.3 is 0 Å². The summed E-state index contributed by atoms with van der Waals surface area (Å²) in [4.78, 5) is 17.5. The van der Waals surface area contributed by atoms with Crippen LogP contribution in [0.4, 0.5) is 13.9 Å². The third kappa shape index (κ3) is 5.11. The van der Waals surface area contributed by atoms with Gasteiger partial charge < -0.3 is 5.32 Å². The zero-order valence-electron chi connectivity index (χ0n) is 13.0. The van der Waals surface area contributed by atoms with Crippen LogP contribution in [-0.4, -0.2) is 16.6 Å². The normalized spacial score (nSPS) is 10.6. The monoisotopic (exact) mass is 376 g/mol. The minimum Gasteiger partial charge on any atom is -0.301 e. The number of benzene rings is 2. The van der Waals surface area contributed by atoms with E-state index < -0.39 is 0 Å². The van der Waals surface area contributed by atoms with Crippen LogP contribution < -0.4 is 5.32 Å². The van der Waals surface area contributed by atoms with Gasteiger partial charge in [-0.1, -0.05) is 24.3 Å². The molecule has 3 aromatic rings. The summed E-state index contributed by atoms with van der Waals surface area (Å²) < 4.78 is 26.4. The maximum absolute atomic E-state index is 13.5. The molecule has 1 aromatic heterocycles. The molecule has 1 amide bonds. The van der Waals surface area contributed by atoms with Crippen LogP contribution in [0.15, 0.2) is 59.6 Å². The predicted octanol–water partition coefficient (Wildman–Crippen LogP) is 4.74. The fraction of sp³-hybridized carbons (Fsp3) is 0.111. The Morgan fingerprint density at radius 2 is 1.88 bits per heavy atom. The second kappa shape index (κ2) is 8.22. The van der Waals surface area contributed by atoms with Crippen LogP contribution in [0.25, 0.3) is 0 Å². The quantitative estimate of drug-likeness (QED) is 0.632. The van der Waals surface area contributed by atoms with Crippen molar-refractivity contribution in [3.63, 3.8) is 0 Å². The molecule has 128 valence electrons. The number of aromatic nitrogens is 1. The zero-order valence-corrected chi connectivity index (χ0v) is 14.7. The molecular formula is C18H14F2N2OS2.